The second-order valence-electron chi connectivity index (χ2n) is 4.74. The van der Waals surface area contributed by atoms with E-state index in [0.717, 1.165) is 17.2 Å². The summed E-state index contributed by atoms with van der Waals surface area (Å²) in [5.74, 6) is 1.30. The minimum Gasteiger partial charge on any atom is -0.481 e. The Kier molecular flexibility index (Phi) is 3.95. The van der Waals surface area contributed by atoms with E-state index in [0.29, 0.717) is 5.88 Å². The Bertz CT molecular complexity index is 725. The lowest BCUT2D eigenvalue weighted by Crippen LogP contribution is -2.13. The minimum absolute atomic E-state index is 0.0783. The van der Waals surface area contributed by atoms with Crippen molar-refractivity contribution in [2.75, 3.05) is 12.4 Å². The molecule has 0 aliphatic rings. The molecule has 0 radical (unpaired) electrons. The van der Waals surface area contributed by atoms with Crippen molar-refractivity contribution in [3.63, 3.8) is 0 Å². The van der Waals surface area contributed by atoms with Crippen molar-refractivity contribution in [2.24, 2.45) is 0 Å². The molecule has 1 N–H and O–H groups in total. The van der Waals surface area contributed by atoms with Gasteiger partial charge in [-0.2, -0.15) is 4.68 Å². The lowest BCUT2D eigenvalue weighted by atomic mass is 10.2. The highest BCUT2D eigenvalue weighted by atomic mass is 16.5. The van der Waals surface area contributed by atoms with E-state index in [9.17, 15) is 0 Å². The molecule has 0 unspecified atom stereocenters. The summed E-state index contributed by atoms with van der Waals surface area (Å²) in [6.07, 6.45) is 1.71. The molecule has 0 bridgehead atoms. The average molecular weight is 296 g/mol. The molecule has 0 spiro atoms. The Morgan fingerprint density at radius 1 is 1.14 bits per heavy atom. The first-order chi connectivity index (χ1) is 10.8. The number of pyridine rings is 1. The fourth-order valence-electron chi connectivity index (χ4n) is 2.12. The van der Waals surface area contributed by atoms with E-state index < -0.39 is 0 Å². The SMILES string of the molecule is COc1ccc(N[C@@H](C)c2nnnn2-c2ccccc2)cn1. The first kappa shape index (κ1) is 14.0. The number of hydrogen-bond acceptors (Lipinski definition) is 6. The van der Waals surface area contributed by atoms with Crippen molar-refractivity contribution in [3.05, 3.63) is 54.5 Å². The molecule has 112 valence electrons. The van der Waals surface area contributed by atoms with Crippen molar-refractivity contribution in [2.45, 2.75) is 13.0 Å². The van der Waals surface area contributed by atoms with Gasteiger partial charge in [-0.25, -0.2) is 4.98 Å². The molecular formula is C15H16N6O. The Morgan fingerprint density at radius 2 is 1.95 bits per heavy atom. The van der Waals surface area contributed by atoms with Gasteiger partial charge in [0.05, 0.1) is 30.7 Å². The summed E-state index contributed by atoms with van der Waals surface area (Å²) in [6, 6.07) is 13.4. The van der Waals surface area contributed by atoms with Crippen LogP contribution < -0.4 is 10.1 Å². The third-order valence-electron chi connectivity index (χ3n) is 3.21. The molecule has 1 atom stereocenters. The van der Waals surface area contributed by atoms with Gasteiger partial charge in [0.25, 0.3) is 0 Å². The van der Waals surface area contributed by atoms with Crippen molar-refractivity contribution in [1.29, 1.82) is 0 Å². The number of tetrazole rings is 1. The van der Waals surface area contributed by atoms with Crippen molar-refractivity contribution in [3.8, 4) is 11.6 Å². The Hall–Kier alpha value is -2.96. The van der Waals surface area contributed by atoms with E-state index in [2.05, 4.69) is 25.8 Å². The summed E-state index contributed by atoms with van der Waals surface area (Å²) in [7, 11) is 1.59. The van der Waals surface area contributed by atoms with Crippen LogP contribution in [0, 0.1) is 0 Å². The van der Waals surface area contributed by atoms with Crippen molar-refractivity contribution in [1.82, 2.24) is 25.2 Å². The number of para-hydroxylation sites is 1. The molecule has 3 aromatic rings. The lowest BCUT2D eigenvalue weighted by Gasteiger charge is -2.14. The van der Waals surface area contributed by atoms with E-state index in [1.54, 1.807) is 24.1 Å². The molecule has 7 nitrogen and oxygen atoms in total. The van der Waals surface area contributed by atoms with Crippen LogP contribution in [-0.2, 0) is 0 Å². The summed E-state index contributed by atoms with van der Waals surface area (Å²) in [4.78, 5) is 4.17. The van der Waals surface area contributed by atoms with Crippen LogP contribution in [0.25, 0.3) is 5.69 Å². The van der Waals surface area contributed by atoms with Crippen LogP contribution in [0.15, 0.2) is 48.7 Å². The van der Waals surface area contributed by atoms with Crippen molar-refractivity contribution >= 4 is 5.69 Å². The van der Waals surface area contributed by atoms with Gasteiger partial charge in [-0.05, 0) is 35.5 Å². The Morgan fingerprint density at radius 3 is 2.64 bits per heavy atom. The third kappa shape index (κ3) is 2.88. The smallest absolute Gasteiger partial charge is 0.213 e. The molecule has 0 aliphatic heterocycles. The number of anilines is 1. The maximum absolute atomic E-state index is 5.05. The number of hydrogen-bond donors (Lipinski definition) is 1. The summed E-state index contributed by atoms with van der Waals surface area (Å²) in [5, 5.41) is 15.3. The Balaban J connectivity index is 1.81. The largest absolute Gasteiger partial charge is 0.481 e. The highest BCUT2D eigenvalue weighted by Gasteiger charge is 2.15. The maximum Gasteiger partial charge on any atom is 0.213 e. The van der Waals surface area contributed by atoms with Gasteiger partial charge in [0.15, 0.2) is 5.82 Å². The van der Waals surface area contributed by atoms with Gasteiger partial charge in [-0.15, -0.1) is 5.10 Å². The van der Waals surface area contributed by atoms with E-state index in [-0.39, 0.29) is 6.04 Å². The number of methoxy groups -OCH3 is 1. The highest BCUT2D eigenvalue weighted by molar-refractivity contribution is 5.44. The molecule has 7 heteroatoms. The molecule has 2 heterocycles. The van der Waals surface area contributed by atoms with Gasteiger partial charge >= 0.3 is 0 Å². The number of ether oxygens (including phenoxy) is 1. The second-order valence-corrected chi connectivity index (χ2v) is 4.74. The van der Waals surface area contributed by atoms with Crippen LogP contribution in [0.1, 0.15) is 18.8 Å². The first-order valence-corrected chi connectivity index (χ1v) is 6.88. The zero-order valence-electron chi connectivity index (χ0n) is 12.3. The monoisotopic (exact) mass is 296 g/mol. The number of benzene rings is 1. The highest BCUT2D eigenvalue weighted by Crippen LogP contribution is 2.19. The predicted molar refractivity (Wildman–Crippen MR) is 82.0 cm³/mol. The molecular weight excluding hydrogens is 280 g/mol. The first-order valence-electron chi connectivity index (χ1n) is 6.88. The van der Waals surface area contributed by atoms with Gasteiger partial charge in [0, 0.05) is 6.07 Å². The fourth-order valence-corrected chi connectivity index (χ4v) is 2.12. The van der Waals surface area contributed by atoms with Gasteiger partial charge in [-0.3, -0.25) is 0 Å². The molecule has 0 aliphatic carbocycles. The average Bonchev–Trinajstić information content (AvgIpc) is 3.06. The van der Waals surface area contributed by atoms with Crippen molar-refractivity contribution < 1.29 is 4.74 Å². The third-order valence-corrected chi connectivity index (χ3v) is 3.21. The number of nitrogens with one attached hydrogen (secondary N) is 1. The zero-order chi connectivity index (χ0) is 15.4. The standard InChI is InChI=1S/C15H16N6O/c1-11(17-12-8-9-14(22-2)16-10-12)15-18-19-20-21(15)13-6-4-3-5-7-13/h3-11,17H,1-2H3/t11-/m0/s1. The van der Waals surface area contributed by atoms with Crippen LogP contribution in [0.4, 0.5) is 5.69 Å². The normalized spacial score (nSPS) is 11.9. The lowest BCUT2D eigenvalue weighted by molar-refractivity contribution is 0.398. The maximum atomic E-state index is 5.05. The van der Waals surface area contributed by atoms with Crippen LogP contribution in [0.3, 0.4) is 0 Å². The van der Waals surface area contributed by atoms with E-state index in [4.69, 9.17) is 4.74 Å². The van der Waals surface area contributed by atoms with Gasteiger partial charge in [0.2, 0.25) is 5.88 Å². The summed E-state index contributed by atoms with van der Waals surface area (Å²) in [6.45, 7) is 2.00. The molecule has 0 saturated carbocycles. The summed E-state index contributed by atoms with van der Waals surface area (Å²) < 4.78 is 6.76. The molecule has 0 fully saturated rings. The van der Waals surface area contributed by atoms with Crippen LogP contribution in [0.5, 0.6) is 5.88 Å². The second kappa shape index (κ2) is 6.21. The summed E-state index contributed by atoms with van der Waals surface area (Å²) in [5.41, 5.74) is 1.79. The van der Waals surface area contributed by atoms with Gasteiger partial charge in [-0.1, -0.05) is 18.2 Å². The zero-order valence-corrected chi connectivity index (χ0v) is 12.3. The molecule has 1 aromatic carbocycles. The molecule has 3 rings (SSSR count). The quantitative estimate of drug-likeness (QED) is 0.778. The predicted octanol–water partition coefficient (Wildman–Crippen LogP) is 2.24. The van der Waals surface area contributed by atoms with E-state index in [1.807, 2.05) is 43.3 Å². The topological polar surface area (TPSA) is 77.8 Å². The Labute approximate surface area is 128 Å². The fraction of sp³-hybridized carbons (Fsp3) is 0.200. The number of rotatable bonds is 5. The number of aromatic nitrogens is 5. The van der Waals surface area contributed by atoms with Crippen LogP contribution in [-0.4, -0.2) is 32.3 Å². The van der Waals surface area contributed by atoms with Gasteiger partial charge < -0.3 is 10.1 Å². The molecule has 22 heavy (non-hydrogen) atoms. The molecule has 0 amide bonds. The summed E-state index contributed by atoms with van der Waals surface area (Å²) >= 11 is 0. The minimum atomic E-state index is -0.0783. The van der Waals surface area contributed by atoms with E-state index in [1.165, 1.54) is 0 Å². The van der Waals surface area contributed by atoms with Crippen LogP contribution in [0.2, 0.25) is 0 Å². The van der Waals surface area contributed by atoms with Gasteiger partial charge in [0.1, 0.15) is 0 Å². The van der Waals surface area contributed by atoms with E-state index >= 15 is 0 Å². The molecule has 0 saturated heterocycles. The number of nitrogens with zero attached hydrogens (tertiary/aromatic N) is 5. The van der Waals surface area contributed by atoms with Crippen LogP contribution >= 0.6 is 0 Å². The molecule has 2 aromatic heterocycles.